The summed E-state index contributed by atoms with van der Waals surface area (Å²) >= 11 is 0. The maximum absolute atomic E-state index is 5.07. The number of rotatable bonds is 0. The van der Waals surface area contributed by atoms with Gasteiger partial charge in [-0.1, -0.05) is 6.58 Å². The third-order valence-corrected chi connectivity index (χ3v) is 1.04. The molecule has 44 valence electrons. The second-order valence-corrected chi connectivity index (χ2v) is 1.94. The Bertz CT molecular complexity index is 92.6. The topological polar surface area (TPSA) is 18.5 Å². The average Bonchev–Trinajstić information content (AvgIpc) is 1.77. The van der Waals surface area contributed by atoms with Crippen molar-refractivity contribution in [3.63, 3.8) is 0 Å². The van der Waals surface area contributed by atoms with Crippen molar-refractivity contribution in [3.05, 3.63) is 12.2 Å². The number of hydrogen-bond acceptors (Lipinski definition) is 2. The highest BCUT2D eigenvalue weighted by atomic mass is 16.6. The highest BCUT2D eigenvalue weighted by Crippen LogP contribution is 2.03. The van der Waals surface area contributed by atoms with E-state index in [-0.39, 0.29) is 7.12 Å². The van der Waals surface area contributed by atoms with Crippen molar-refractivity contribution in [2.45, 2.75) is 6.82 Å². The maximum atomic E-state index is 5.07. The molecule has 2 nitrogen and oxygen atoms in total. The average molecular weight is 112 g/mol. The van der Waals surface area contributed by atoms with E-state index < -0.39 is 0 Å². The van der Waals surface area contributed by atoms with Gasteiger partial charge in [0.2, 0.25) is 0 Å². The molecule has 1 heterocycles. The zero-order valence-corrected chi connectivity index (χ0v) is 5.02. The van der Waals surface area contributed by atoms with Crippen molar-refractivity contribution < 1.29 is 9.31 Å². The third kappa shape index (κ3) is 1.35. The third-order valence-electron chi connectivity index (χ3n) is 1.04. The molecule has 0 atom stereocenters. The van der Waals surface area contributed by atoms with Gasteiger partial charge in [-0.25, -0.2) is 0 Å². The van der Waals surface area contributed by atoms with Crippen LogP contribution in [0.1, 0.15) is 0 Å². The van der Waals surface area contributed by atoms with Gasteiger partial charge in [-0.2, -0.15) is 0 Å². The molecule has 8 heavy (non-hydrogen) atoms. The van der Waals surface area contributed by atoms with Crippen LogP contribution in [0.3, 0.4) is 0 Å². The van der Waals surface area contributed by atoms with Crippen molar-refractivity contribution in [1.29, 1.82) is 0 Å². The predicted molar refractivity (Wildman–Crippen MR) is 32.7 cm³/mol. The van der Waals surface area contributed by atoms with Crippen LogP contribution < -0.4 is 0 Å². The summed E-state index contributed by atoms with van der Waals surface area (Å²) in [4.78, 5) is 0. The smallest absolute Gasteiger partial charge is 0.407 e. The summed E-state index contributed by atoms with van der Waals surface area (Å²) < 4.78 is 10.1. The first kappa shape index (κ1) is 5.85. The van der Waals surface area contributed by atoms with Crippen LogP contribution in [-0.2, 0) is 9.31 Å². The minimum absolute atomic E-state index is 0.0412. The minimum Gasteiger partial charge on any atom is -0.407 e. The Labute approximate surface area is 49.6 Å². The SMILES string of the molecule is C=C1COB(C)OC1. The van der Waals surface area contributed by atoms with Crippen LogP contribution in [-0.4, -0.2) is 20.3 Å². The van der Waals surface area contributed by atoms with Gasteiger partial charge in [0.15, 0.2) is 0 Å². The summed E-state index contributed by atoms with van der Waals surface area (Å²) in [6, 6.07) is 0. The maximum Gasteiger partial charge on any atom is 0.454 e. The molecule has 1 rings (SSSR count). The fourth-order valence-corrected chi connectivity index (χ4v) is 0.560. The lowest BCUT2D eigenvalue weighted by Crippen LogP contribution is -2.27. The second-order valence-electron chi connectivity index (χ2n) is 1.94. The molecule has 0 spiro atoms. The van der Waals surface area contributed by atoms with Gasteiger partial charge in [0.05, 0.1) is 13.2 Å². The predicted octanol–water partition coefficient (Wildman–Crippen LogP) is 0.707. The van der Waals surface area contributed by atoms with E-state index in [0.717, 1.165) is 5.57 Å². The second kappa shape index (κ2) is 2.33. The molecule has 0 aromatic rings. The summed E-state index contributed by atoms with van der Waals surface area (Å²) in [6.45, 7) is 6.89. The molecule has 0 aliphatic carbocycles. The molecule has 0 bridgehead atoms. The van der Waals surface area contributed by atoms with Crippen LogP contribution in [0.25, 0.3) is 0 Å². The Kier molecular flexibility index (Phi) is 1.71. The van der Waals surface area contributed by atoms with E-state index in [1.165, 1.54) is 0 Å². The zero-order valence-electron chi connectivity index (χ0n) is 5.02. The highest BCUT2D eigenvalue weighted by Gasteiger charge is 2.15. The van der Waals surface area contributed by atoms with E-state index in [2.05, 4.69) is 6.58 Å². The van der Waals surface area contributed by atoms with Crippen LogP contribution in [0, 0.1) is 0 Å². The van der Waals surface area contributed by atoms with Crippen LogP contribution in [0.2, 0.25) is 6.82 Å². The van der Waals surface area contributed by atoms with Gasteiger partial charge in [0, 0.05) is 0 Å². The normalized spacial score (nSPS) is 21.6. The molecule has 0 radical (unpaired) electrons. The van der Waals surface area contributed by atoms with E-state index in [9.17, 15) is 0 Å². The van der Waals surface area contributed by atoms with Crippen molar-refractivity contribution in [3.8, 4) is 0 Å². The summed E-state index contributed by atoms with van der Waals surface area (Å²) in [5, 5.41) is 0. The Morgan fingerprint density at radius 2 is 2.00 bits per heavy atom. The van der Waals surface area contributed by atoms with Crippen molar-refractivity contribution >= 4 is 7.12 Å². The molecule has 0 N–H and O–H groups in total. The van der Waals surface area contributed by atoms with E-state index >= 15 is 0 Å². The van der Waals surface area contributed by atoms with Crippen LogP contribution in [0.4, 0.5) is 0 Å². The fraction of sp³-hybridized carbons (Fsp3) is 0.600. The zero-order chi connectivity index (χ0) is 5.98. The molecule has 1 fully saturated rings. The molecule has 1 aliphatic heterocycles. The standard InChI is InChI=1S/C5H9BO2/c1-5-3-7-6(2)8-4-5/h1,3-4H2,2H3. The lowest BCUT2D eigenvalue weighted by atomic mass is 9.94. The molecule has 0 aromatic carbocycles. The lowest BCUT2D eigenvalue weighted by molar-refractivity contribution is 0.184. The molecule has 0 amide bonds. The largest absolute Gasteiger partial charge is 0.454 e. The monoisotopic (exact) mass is 112 g/mol. The Balaban J connectivity index is 2.29. The fourth-order valence-electron chi connectivity index (χ4n) is 0.560. The Morgan fingerprint density at radius 3 is 2.38 bits per heavy atom. The number of hydrogen-bond donors (Lipinski definition) is 0. The molecular weight excluding hydrogens is 103 g/mol. The van der Waals surface area contributed by atoms with Gasteiger partial charge < -0.3 is 9.31 Å². The van der Waals surface area contributed by atoms with Gasteiger partial charge in [-0.3, -0.25) is 0 Å². The summed E-state index contributed by atoms with van der Waals surface area (Å²) in [7, 11) is -0.0412. The van der Waals surface area contributed by atoms with Gasteiger partial charge in [-0.15, -0.1) is 0 Å². The van der Waals surface area contributed by atoms with Gasteiger partial charge in [0.25, 0.3) is 0 Å². The van der Waals surface area contributed by atoms with E-state index in [1.807, 2.05) is 6.82 Å². The van der Waals surface area contributed by atoms with Crippen molar-refractivity contribution in [2.24, 2.45) is 0 Å². The quantitative estimate of drug-likeness (QED) is 0.339. The summed E-state index contributed by atoms with van der Waals surface area (Å²) in [6.07, 6.45) is 0. The van der Waals surface area contributed by atoms with E-state index in [1.54, 1.807) is 0 Å². The first-order valence-electron chi connectivity index (χ1n) is 2.69. The molecular formula is C5H9BO2. The minimum atomic E-state index is -0.0412. The van der Waals surface area contributed by atoms with Gasteiger partial charge >= 0.3 is 7.12 Å². The van der Waals surface area contributed by atoms with Crippen LogP contribution in [0.15, 0.2) is 12.2 Å². The van der Waals surface area contributed by atoms with Crippen LogP contribution >= 0.6 is 0 Å². The summed E-state index contributed by atoms with van der Waals surface area (Å²) in [5.74, 6) is 0. The molecule has 0 aromatic heterocycles. The summed E-state index contributed by atoms with van der Waals surface area (Å²) in [5.41, 5.74) is 1.02. The Hall–Kier alpha value is -0.275. The molecule has 0 unspecified atom stereocenters. The molecule has 1 saturated heterocycles. The molecule has 0 saturated carbocycles. The van der Waals surface area contributed by atoms with Gasteiger partial charge in [-0.05, 0) is 12.4 Å². The first-order valence-corrected chi connectivity index (χ1v) is 2.69. The van der Waals surface area contributed by atoms with Crippen molar-refractivity contribution in [2.75, 3.05) is 13.2 Å². The van der Waals surface area contributed by atoms with E-state index in [4.69, 9.17) is 9.31 Å². The first-order chi connectivity index (χ1) is 3.79. The lowest BCUT2D eigenvalue weighted by Gasteiger charge is -2.18. The van der Waals surface area contributed by atoms with Crippen molar-refractivity contribution in [1.82, 2.24) is 0 Å². The van der Waals surface area contributed by atoms with Crippen LogP contribution in [0.5, 0.6) is 0 Å². The highest BCUT2D eigenvalue weighted by molar-refractivity contribution is 6.42. The van der Waals surface area contributed by atoms with Gasteiger partial charge in [0.1, 0.15) is 0 Å². The van der Waals surface area contributed by atoms with E-state index in [0.29, 0.717) is 13.2 Å². The Morgan fingerprint density at radius 1 is 1.50 bits per heavy atom. The molecule has 1 aliphatic rings. The molecule has 3 heteroatoms.